The Balaban J connectivity index is 2.11. The average Bonchev–Trinajstić information content (AvgIpc) is 2.59. The summed E-state index contributed by atoms with van der Waals surface area (Å²) in [6, 6.07) is 4.89. The maximum absolute atomic E-state index is 12.7. The molecule has 1 fully saturated rings. The van der Waals surface area contributed by atoms with Crippen LogP contribution in [0.2, 0.25) is 0 Å². The Morgan fingerprint density at radius 1 is 1.15 bits per heavy atom. The first-order valence-corrected chi connectivity index (χ1v) is 10.5. The molecule has 0 aliphatic carbocycles. The van der Waals surface area contributed by atoms with Gasteiger partial charge >= 0.3 is 0 Å². The lowest BCUT2D eigenvalue weighted by molar-refractivity contribution is -0.117. The van der Waals surface area contributed by atoms with Gasteiger partial charge in [-0.15, -0.1) is 0 Å². The molecule has 0 spiro atoms. The maximum Gasteiger partial charge on any atom is 0.243 e. The molecule has 0 radical (unpaired) electrons. The molecule has 0 aromatic heterocycles. The van der Waals surface area contributed by atoms with Gasteiger partial charge in [-0.3, -0.25) is 9.69 Å². The van der Waals surface area contributed by atoms with Gasteiger partial charge in [0.1, 0.15) is 0 Å². The molecule has 1 N–H and O–H groups in total. The van der Waals surface area contributed by atoms with Gasteiger partial charge in [0.2, 0.25) is 15.9 Å². The van der Waals surface area contributed by atoms with Crippen molar-refractivity contribution in [3.05, 3.63) is 23.8 Å². The van der Waals surface area contributed by atoms with E-state index < -0.39 is 10.0 Å². The number of nitrogens with one attached hydrogen (secondary N) is 1. The van der Waals surface area contributed by atoms with E-state index in [4.69, 9.17) is 0 Å². The van der Waals surface area contributed by atoms with Gasteiger partial charge in [0.05, 0.1) is 11.4 Å². The molecule has 0 bridgehead atoms. The third-order valence-electron chi connectivity index (χ3n) is 4.79. The van der Waals surface area contributed by atoms with Crippen LogP contribution in [0.1, 0.15) is 19.4 Å². The van der Waals surface area contributed by atoms with Crippen LogP contribution in [-0.2, 0) is 14.8 Å². The van der Waals surface area contributed by atoms with Crippen LogP contribution in [0, 0.1) is 6.92 Å². The van der Waals surface area contributed by atoms with Gasteiger partial charge in [0, 0.05) is 45.0 Å². The number of nitrogens with zero attached hydrogens (tertiary/aromatic N) is 3. The van der Waals surface area contributed by atoms with Gasteiger partial charge in [-0.1, -0.05) is 19.9 Å². The van der Waals surface area contributed by atoms with Crippen molar-refractivity contribution in [2.75, 3.05) is 58.2 Å². The molecule has 1 aliphatic heterocycles. The highest BCUT2D eigenvalue weighted by atomic mass is 32.2. The number of benzene rings is 1. The standard InChI is InChI=1S/C18H30N4O3S/c1-5-22(6-2)26(24,25)16-8-7-15(3)17(13-16)19-18(23)14-21-11-9-20(4)10-12-21/h7-8,13H,5-6,9-12,14H2,1-4H3,(H,19,23). The fraction of sp³-hybridized carbons (Fsp3) is 0.611. The molecule has 8 heteroatoms. The minimum atomic E-state index is -3.54. The number of amides is 1. The monoisotopic (exact) mass is 382 g/mol. The van der Waals surface area contributed by atoms with Gasteiger partial charge in [0.25, 0.3) is 0 Å². The third kappa shape index (κ3) is 5.03. The molecule has 1 aliphatic rings. The Hall–Kier alpha value is -1.48. The van der Waals surface area contributed by atoms with Crippen molar-refractivity contribution in [3.8, 4) is 0 Å². The van der Waals surface area contributed by atoms with E-state index in [1.54, 1.807) is 18.2 Å². The van der Waals surface area contributed by atoms with Crippen LogP contribution in [0.5, 0.6) is 0 Å². The molecule has 2 rings (SSSR count). The van der Waals surface area contributed by atoms with Crippen molar-refractivity contribution in [1.29, 1.82) is 0 Å². The molecular formula is C18H30N4O3S. The van der Waals surface area contributed by atoms with E-state index in [9.17, 15) is 13.2 Å². The van der Waals surface area contributed by atoms with Gasteiger partial charge < -0.3 is 10.2 Å². The second-order valence-corrected chi connectivity index (χ2v) is 8.63. The lowest BCUT2D eigenvalue weighted by atomic mass is 10.2. The van der Waals surface area contributed by atoms with Gasteiger partial charge in [-0.2, -0.15) is 4.31 Å². The Bertz CT molecular complexity index is 724. The van der Waals surface area contributed by atoms with Crippen LogP contribution in [0.3, 0.4) is 0 Å². The SMILES string of the molecule is CCN(CC)S(=O)(=O)c1ccc(C)c(NC(=O)CN2CCN(C)CC2)c1. The van der Waals surface area contributed by atoms with Crippen LogP contribution in [0.25, 0.3) is 0 Å². The summed E-state index contributed by atoms with van der Waals surface area (Å²) < 4.78 is 26.8. The summed E-state index contributed by atoms with van der Waals surface area (Å²) >= 11 is 0. The number of carbonyl (C=O) groups excluding carboxylic acids is 1. The van der Waals surface area contributed by atoms with E-state index in [0.29, 0.717) is 25.3 Å². The van der Waals surface area contributed by atoms with Crippen LogP contribution in [-0.4, -0.2) is 81.3 Å². The highest BCUT2D eigenvalue weighted by Gasteiger charge is 2.23. The molecule has 1 heterocycles. The Labute approximate surface area is 157 Å². The number of aryl methyl sites for hydroxylation is 1. The summed E-state index contributed by atoms with van der Waals surface area (Å²) in [5.74, 6) is -0.116. The van der Waals surface area contributed by atoms with Gasteiger partial charge in [0.15, 0.2) is 0 Å². The smallest absolute Gasteiger partial charge is 0.243 e. The summed E-state index contributed by atoms with van der Waals surface area (Å²) in [4.78, 5) is 17.0. The Kier molecular flexibility index (Phi) is 7.16. The van der Waals surface area contributed by atoms with E-state index in [1.165, 1.54) is 4.31 Å². The molecule has 1 amide bonds. The predicted molar refractivity (Wildman–Crippen MR) is 104 cm³/mol. The molecule has 0 atom stereocenters. The van der Waals surface area contributed by atoms with E-state index >= 15 is 0 Å². The van der Waals surface area contributed by atoms with Crippen molar-refractivity contribution >= 4 is 21.6 Å². The quantitative estimate of drug-likeness (QED) is 0.767. The number of piperazine rings is 1. The minimum Gasteiger partial charge on any atom is -0.325 e. The average molecular weight is 383 g/mol. The molecule has 1 saturated heterocycles. The van der Waals surface area contributed by atoms with Crippen molar-refractivity contribution in [2.24, 2.45) is 0 Å². The zero-order valence-corrected chi connectivity index (χ0v) is 17.0. The van der Waals surface area contributed by atoms with Crippen LogP contribution >= 0.6 is 0 Å². The molecule has 0 unspecified atom stereocenters. The fourth-order valence-electron chi connectivity index (χ4n) is 3.01. The summed E-state index contributed by atoms with van der Waals surface area (Å²) in [6.45, 7) is 10.3. The fourth-order valence-corrected chi connectivity index (χ4v) is 4.49. The molecule has 1 aromatic carbocycles. The molecular weight excluding hydrogens is 352 g/mol. The van der Waals surface area contributed by atoms with Crippen LogP contribution < -0.4 is 5.32 Å². The first-order valence-electron chi connectivity index (χ1n) is 9.09. The minimum absolute atomic E-state index is 0.116. The van der Waals surface area contributed by atoms with Crippen molar-refractivity contribution < 1.29 is 13.2 Å². The zero-order chi connectivity index (χ0) is 19.3. The Morgan fingerprint density at radius 2 is 1.77 bits per heavy atom. The van der Waals surface area contributed by atoms with E-state index in [-0.39, 0.29) is 10.8 Å². The molecule has 26 heavy (non-hydrogen) atoms. The highest BCUT2D eigenvalue weighted by Crippen LogP contribution is 2.23. The Morgan fingerprint density at radius 3 is 2.35 bits per heavy atom. The normalized spacial score (nSPS) is 16.8. The number of likely N-dealkylation sites (N-methyl/N-ethyl adjacent to an activating group) is 1. The van der Waals surface area contributed by atoms with Crippen LogP contribution in [0.4, 0.5) is 5.69 Å². The molecule has 7 nitrogen and oxygen atoms in total. The van der Waals surface area contributed by atoms with Crippen molar-refractivity contribution in [3.63, 3.8) is 0 Å². The zero-order valence-electron chi connectivity index (χ0n) is 16.2. The summed E-state index contributed by atoms with van der Waals surface area (Å²) in [7, 11) is -1.47. The topological polar surface area (TPSA) is 73.0 Å². The van der Waals surface area contributed by atoms with E-state index in [1.807, 2.05) is 20.8 Å². The summed E-state index contributed by atoms with van der Waals surface area (Å²) in [5.41, 5.74) is 1.40. The maximum atomic E-state index is 12.7. The molecule has 0 saturated carbocycles. The second-order valence-electron chi connectivity index (χ2n) is 6.69. The predicted octanol–water partition coefficient (Wildman–Crippen LogP) is 1.21. The number of hydrogen-bond donors (Lipinski definition) is 1. The number of rotatable bonds is 7. The van der Waals surface area contributed by atoms with Crippen LogP contribution in [0.15, 0.2) is 23.1 Å². The largest absolute Gasteiger partial charge is 0.325 e. The first kappa shape index (κ1) is 20.8. The van der Waals surface area contributed by atoms with Crippen molar-refractivity contribution in [2.45, 2.75) is 25.7 Å². The third-order valence-corrected chi connectivity index (χ3v) is 6.84. The molecule has 146 valence electrons. The lowest BCUT2D eigenvalue weighted by Crippen LogP contribution is -2.47. The first-order chi connectivity index (χ1) is 12.3. The number of anilines is 1. The summed E-state index contributed by atoms with van der Waals surface area (Å²) in [6.07, 6.45) is 0. The van der Waals surface area contributed by atoms with Crippen molar-refractivity contribution in [1.82, 2.24) is 14.1 Å². The van der Waals surface area contributed by atoms with Gasteiger partial charge in [-0.25, -0.2) is 8.42 Å². The number of hydrogen-bond acceptors (Lipinski definition) is 5. The van der Waals surface area contributed by atoms with Gasteiger partial charge in [-0.05, 0) is 31.7 Å². The second kappa shape index (κ2) is 8.94. The highest BCUT2D eigenvalue weighted by molar-refractivity contribution is 7.89. The number of sulfonamides is 1. The van der Waals surface area contributed by atoms with E-state index in [0.717, 1.165) is 31.7 Å². The number of carbonyl (C=O) groups is 1. The van der Waals surface area contributed by atoms with E-state index in [2.05, 4.69) is 22.2 Å². The summed E-state index contributed by atoms with van der Waals surface area (Å²) in [5, 5.41) is 2.88. The molecule has 1 aromatic rings. The lowest BCUT2D eigenvalue weighted by Gasteiger charge is -2.31.